The van der Waals surface area contributed by atoms with E-state index in [9.17, 15) is 13.2 Å². The molecule has 1 rings (SSSR count). The van der Waals surface area contributed by atoms with E-state index in [-0.39, 0.29) is 22.7 Å². The molecule has 0 aromatic carbocycles. The number of hydrogen-bond acceptors (Lipinski definition) is 5. The van der Waals surface area contributed by atoms with Crippen LogP contribution in [0, 0.1) is 0 Å². The van der Waals surface area contributed by atoms with Crippen molar-refractivity contribution in [3.8, 4) is 0 Å². The van der Waals surface area contributed by atoms with Gasteiger partial charge in [0.25, 0.3) is 10.0 Å². The van der Waals surface area contributed by atoms with E-state index >= 15 is 0 Å². The molecular weight excluding hydrogens is 310 g/mol. The Morgan fingerprint density at radius 2 is 2.21 bits per heavy atom. The molecule has 3 N–H and O–H groups in total. The number of halogens is 1. The number of carbonyl (C=O) groups excluding carboxylic acids is 1. The van der Waals surface area contributed by atoms with E-state index < -0.39 is 10.0 Å². The summed E-state index contributed by atoms with van der Waals surface area (Å²) >= 11 is 6.61. The van der Waals surface area contributed by atoms with E-state index in [0.717, 1.165) is 11.3 Å². The minimum atomic E-state index is -3.70. The van der Waals surface area contributed by atoms with Crippen LogP contribution in [0.1, 0.15) is 6.92 Å². The molecule has 0 fully saturated rings. The van der Waals surface area contributed by atoms with Crippen molar-refractivity contribution in [3.05, 3.63) is 16.5 Å². The number of thiophene rings is 1. The van der Waals surface area contributed by atoms with Crippen LogP contribution in [-0.2, 0) is 14.8 Å². The molecule has 0 saturated carbocycles. The Morgan fingerprint density at radius 1 is 1.58 bits per heavy atom. The number of amides is 1. The highest BCUT2D eigenvalue weighted by atomic mass is 35.5. The van der Waals surface area contributed by atoms with Crippen molar-refractivity contribution in [1.82, 2.24) is 9.62 Å². The van der Waals surface area contributed by atoms with Gasteiger partial charge in [-0.05, 0) is 19.1 Å². The van der Waals surface area contributed by atoms with Crippen molar-refractivity contribution in [2.24, 2.45) is 5.73 Å². The van der Waals surface area contributed by atoms with Crippen molar-refractivity contribution < 1.29 is 13.2 Å². The largest absolute Gasteiger partial charge is 0.341 e. The molecule has 0 bridgehead atoms. The molecule has 6 nitrogen and oxygen atoms in total. The Kier molecular flexibility index (Phi) is 5.75. The molecule has 0 saturated heterocycles. The highest BCUT2D eigenvalue weighted by Crippen LogP contribution is 2.25. The zero-order valence-corrected chi connectivity index (χ0v) is 13.0. The van der Waals surface area contributed by atoms with Crippen LogP contribution >= 0.6 is 22.9 Å². The van der Waals surface area contributed by atoms with Gasteiger partial charge in [-0.1, -0.05) is 11.6 Å². The van der Waals surface area contributed by atoms with Crippen LogP contribution in [0.3, 0.4) is 0 Å². The summed E-state index contributed by atoms with van der Waals surface area (Å²) in [6, 6.07) is 2.74. The van der Waals surface area contributed by atoms with Gasteiger partial charge in [0.05, 0.1) is 10.9 Å². The molecule has 1 unspecified atom stereocenters. The maximum atomic E-state index is 11.9. The van der Waals surface area contributed by atoms with Gasteiger partial charge in [-0.3, -0.25) is 4.79 Å². The van der Waals surface area contributed by atoms with Crippen molar-refractivity contribution in [2.75, 3.05) is 20.1 Å². The first-order valence-electron chi connectivity index (χ1n) is 5.48. The lowest BCUT2D eigenvalue weighted by Gasteiger charge is -2.23. The molecule has 0 aliphatic rings. The van der Waals surface area contributed by atoms with Gasteiger partial charge < -0.3 is 10.6 Å². The summed E-state index contributed by atoms with van der Waals surface area (Å²) in [5, 5.41) is 0. The second kappa shape index (κ2) is 6.67. The molecule has 1 amide bonds. The normalized spacial score (nSPS) is 13.3. The highest BCUT2D eigenvalue weighted by molar-refractivity contribution is 7.91. The Bertz CT molecular complexity index is 544. The number of carbonyl (C=O) groups is 1. The average molecular weight is 326 g/mol. The van der Waals surface area contributed by atoms with Crippen LogP contribution in [-0.4, -0.2) is 45.4 Å². The molecule has 1 aromatic heterocycles. The average Bonchev–Trinajstić information content (AvgIpc) is 2.81. The second-order valence-corrected chi connectivity index (χ2v) is 7.68. The Hall–Kier alpha value is -0.670. The molecule has 0 spiro atoms. The molecular formula is C10H16ClN3O3S2. The van der Waals surface area contributed by atoms with Crippen LogP contribution in [0.5, 0.6) is 0 Å². The number of sulfonamides is 1. The number of rotatable bonds is 6. The van der Waals surface area contributed by atoms with Gasteiger partial charge >= 0.3 is 0 Å². The van der Waals surface area contributed by atoms with E-state index in [0.29, 0.717) is 10.9 Å². The third kappa shape index (κ3) is 4.43. The lowest BCUT2D eigenvalue weighted by Crippen LogP contribution is -2.44. The van der Waals surface area contributed by atoms with Crippen molar-refractivity contribution in [2.45, 2.75) is 17.2 Å². The predicted molar refractivity (Wildman–Crippen MR) is 75.8 cm³/mol. The van der Waals surface area contributed by atoms with Gasteiger partial charge in [0, 0.05) is 19.6 Å². The summed E-state index contributed by atoms with van der Waals surface area (Å²) in [4.78, 5) is 13.2. The van der Waals surface area contributed by atoms with E-state index in [2.05, 4.69) is 4.72 Å². The topological polar surface area (TPSA) is 92.5 Å². The van der Waals surface area contributed by atoms with Crippen LogP contribution < -0.4 is 10.5 Å². The van der Waals surface area contributed by atoms with Gasteiger partial charge in [0.1, 0.15) is 4.21 Å². The van der Waals surface area contributed by atoms with Crippen molar-refractivity contribution >= 4 is 38.9 Å². The predicted octanol–water partition coefficient (Wildman–Crippen LogP) is 0.485. The molecule has 1 heterocycles. The first-order chi connectivity index (χ1) is 8.77. The number of nitrogens with two attached hydrogens (primary N) is 1. The molecule has 0 aliphatic heterocycles. The van der Waals surface area contributed by atoms with E-state index in [1.165, 1.54) is 17.0 Å². The molecule has 108 valence electrons. The van der Waals surface area contributed by atoms with E-state index in [1.807, 2.05) is 0 Å². The number of hydrogen-bond donors (Lipinski definition) is 2. The highest BCUT2D eigenvalue weighted by Gasteiger charge is 2.20. The van der Waals surface area contributed by atoms with Crippen molar-refractivity contribution in [3.63, 3.8) is 0 Å². The van der Waals surface area contributed by atoms with E-state index in [1.54, 1.807) is 14.0 Å². The minimum Gasteiger partial charge on any atom is -0.341 e. The molecule has 1 atom stereocenters. The third-order valence-electron chi connectivity index (χ3n) is 2.62. The quantitative estimate of drug-likeness (QED) is 0.796. The Balaban J connectivity index is 2.64. The van der Waals surface area contributed by atoms with E-state index in [4.69, 9.17) is 17.3 Å². The monoisotopic (exact) mass is 325 g/mol. The number of likely N-dealkylation sites (N-methyl/N-ethyl adjacent to an activating group) is 1. The lowest BCUT2D eigenvalue weighted by molar-refractivity contribution is -0.130. The van der Waals surface area contributed by atoms with Crippen molar-refractivity contribution in [1.29, 1.82) is 0 Å². The molecule has 1 aromatic rings. The second-order valence-electron chi connectivity index (χ2n) is 3.97. The summed E-state index contributed by atoms with van der Waals surface area (Å²) in [6.45, 7) is 1.79. The zero-order chi connectivity index (χ0) is 14.6. The Labute approximate surface area is 121 Å². The molecule has 0 aliphatic carbocycles. The van der Waals surface area contributed by atoms with Crippen LogP contribution in [0.15, 0.2) is 16.3 Å². The number of nitrogens with one attached hydrogen (secondary N) is 1. The van der Waals surface area contributed by atoms with Gasteiger partial charge in [0.15, 0.2) is 0 Å². The molecule has 19 heavy (non-hydrogen) atoms. The van der Waals surface area contributed by atoms with Crippen LogP contribution in [0.25, 0.3) is 0 Å². The maximum absolute atomic E-state index is 11.9. The van der Waals surface area contributed by atoms with Crippen LogP contribution in [0.4, 0.5) is 0 Å². The fourth-order valence-corrected chi connectivity index (χ4v) is 3.70. The SMILES string of the molecule is CC(CN)N(C)C(=O)CNS(=O)(=O)c1ccc(Cl)s1. The fraction of sp³-hybridized carbons (Fsp3) is 0.500. The van der Waals surface area contributed by atoms with Gasteiger partial charge in [0.2, 0.25) is 5.91 Å². The summed E-state index contributed by atoms with van der Waals surface area (Å²) in [5.74, 6) is -0.343. The van der Waals surface area contributed by atoms with Gasteiger partial charge in [-0.15, -0.1) is 11.3 Å². The molecule has 9 heteroatoms. The zero-order valence-electron chi connectivity index (χ0n) is 10.6. The smallest absolute Gasteiger partial charge is 0.250 e. The number of nitrogens with zero attached hydrogens (tertiary/aromatic N) is 1. The summed E-state index contributed by atoms with van der Waals surface area (Å²) in [7, 11) is -2.12. The van der Waals surface area contributed by atoms with Gasteiger partial charge in [-0.2, -0.15) is 0 Å². The summed E-state index contributed by atoms with van der Waals surface area (Å²) in [6.07, 6.45) is 0. The maximum Gasteiger partial charge on any atom is 0.250 e. The third-order valence-corrected chi connectivity index (χ3v) is 5.75. The summed E-state index contributed by atoms with van der Waals surface area (Å²) in [5.41, 5.74) is 5.44. The minimum absolute atomic E-state index is 0.0832. The van der Waals surface area contributed by atoms with Gasteiger partial charge in [-0.25, -0.2) is 13.1 Å². The first kappa shape index (κ1) is 16.4. The summed E-state index contributed by atoms with van der Waals surface area (Å²) < 4.78 is 26.4. The Morgan fingerprint density at radius 3 is 2.68 bits per heavy atom. The standard InChI is InChI=1S/C10H16ClN3O3S2/c1-7(5-12)14(2)9(15)6-13-19(16,17)10-4-3-8(11)18-10/h3-4,7,13H,5-6,12H2,1-2H3. The van der Waals surface area contributed by atoms with Crippen LogP contribution in [0.2, 0.25) is 4.34 Å². The lowest BCUT2D eigenvalue weighted by atomic mass is 10.3. The fourth-order valence-electron chi connectivity index (χ4n) is 1.20. The first-order valence-corrected chi connectivity index (χ1v) is 8.16. The molecule has 0 radical (unpaired) electrons.